The second-order valence-electron chi connectivity index (χ2n) is 4.52. The number of nitrogen functional groups attached to an aromatic ring is 1. The third-order valence-electron chi connectivity index (χ3n) is 2.90. The van der Waals surface area contributed by atoms with E-state index in [-0.39, 0.29) is 18.9 Å². The lowest BCUT2D eigenvalue weighted by molar-refractivity contribution is -0.132. The summed E-state index contributed by atoms with van der Waals surface area (Å²) in [6, 6.07) is 7.40. The highest BCUT2D eigenvalue weighted by Gasteiger charge is 2.15. The van der Waals surface area contributed by atoms with Crippen molar-refractivity contribution in [1.82, 2.24) is 19.7 Å². The minimum absolute atomic E-state index is 0.100. The first-order valence-corrected chi connectivity index (χ1v) is 6.51. The molecule has 0 spiro atoms. The number of aromatic nitrogens is 3. The first-order chi connectivity index (χ1) is 10.2. The summed E-state index contributed by atoms with van der Waals surface area (Å²) in [5, 5.41) is 12.7. The summed E-state index contributed by atoms with van der Waals surface area (Å²) in [5.74, 6) is 0.260. The van der Waals surface area contributed by atoms with Gasteiger partial charge >= 0.3 is 0 Å². The Balaban J connectivity index is 2.04. The van der Waals surface area contributed by atoms with E-state index in [0.29, 0.717) is 18.9 Å². The fraction of sp³-hybridized carbons (Fsp3) is 0.286. The Labute approximate surface area is 122 Å². The van der Waals surface area contributed by atoms with E-state index in [2.05, 4.69) is 16.2 Å². The molecule has 0 aliphatic carbocycles. The molecule has 21 heavy (non-hydrogen) atoms. The molecule has 2 aromatic heterocycles. The lowest BCUT2D eigenvalue weighted by Gasteiger charge is -2.21. The molecule has 0 saturated carbocycles. The Kier molecular flexibility index (Phi) is 4.88. The summed E-state index contributed by atoms with van der Waals surface area (Å²) < 4.78 is 1.49. The van der Waals surface area contributed by atoms with Crippen molar-refractivity contribution in [3.63, 3.8) is 0 Å². The van der Waals surface area contributed by atoms with Gasteiger partial charge in [0.15, 0.2) is 0 Å². The molecule has 0 aliphatic heterocycles. The lowest BCUT2D eigenvalue weighted by atomic mass is 10.2. The quantitative estimate of drug-likeness (QED) is 0.845. The van der Waals surface area contributed by atoms with Gasteiger partial charge < -0.3 is 10.6 Å². The third-order valence-corrected chi connectivity index (χ3v) is 2.90. The molecule has 0 saturated heterocycles. The molecule has 0 fully saturated rings. The number of nitriles is 1. The van der Waals surface area contributed by atoms with Gasteiger partial charge in [-0.05, 0) is 17.7 Å². The monoisotopic (exact) mass is 284 g/mol. The number of nitrogens with two attached hydrogens (primary N) is 1. The topological polar surface area (TPSA) is 101 Å². The van der Waals surface area contributed by atoms with Gasteiger partial charge in [-0.2, -0.15) is 10.4 Å². The molecule has 2 aromatic rings. The predicted molar refractivity (Wildman–Crippen MR) is 76.5 cm³/mol. The van der Waals surface area contributed by atoms with Crippen molar-refractivity contribution in [3.8, 4) is 6.07 Å². The van der Waals surface area contributed by atoms with Crippen LogP contribution in [0.25, 0.3) is 0 Å². The highest BCUT2D eigenvalue weighted by molar-refractivity contribution is 5.76. The largest absolute Gasteiger partial charge is 0.382 e. The maximum absolute atomic E-state index is 12.3. The molecule has 0 radical (unpaired) electrons. The highest BCUT2D eigenvalue weighted by atomic mass is 16.2. The van der Waals surface area contributed by atoms with Crippen LogP contribution in [0.3, 0.4) is 0 Å². The van der Waals surface area contributed by atoms with E-state index >= 15 is 0 Å². The molecular weight excluding hydrogens is 268 g/mol. The van der Waals surface area contributed by atoms with Crippen molar-refractivity contribution in [1.29, 1.82) is 5.26 Å². The molecule has 2 N–H and O–H groups in total. The summed E-state index contributed by atoms with van der Waals surface area (Å²) in [5.41, 5.74) is 6.45. The number of carbonyl (C=O) groups is 1. The summed E-state index contributed by atoms with van der Waals surface area (Å²) in [6.07, 6.45) is 5.32. The van der Waals surface area contributed by atoms with Gasteiger partial charge in [0, 0.05) is 31.7 Å². The lowest BCUT2D eigenvalue weighted by Crippen LogP contribution is -2.34. The minimum Gasteiger partial charge on any atom is -0.382 e. The van der Waals surface area contributed by atoms with Crippen LogP contribution >= 0.6 is 0 Å². The Morgan fingerprint density at radius 3 is 2.95 bits per heavy atom. The predicted octanol–water partition coefficient (Wildman–Crippen LogP) is 0.803. The Morgan fingerprint density at radius 1 is 1.48 bits per heavy atom. The molecule has 108 valence electrons. The maximum Gasteiger partial charge on any atom is 0.244 e. The molecule has 0 aromatic carbocycles. The van der Waals surface area contributed by atoms with Crippen molar-refractivity contribution >= 4 is 11.7 Å². The van der Waals surface area contributed by atoms with Crippen LogP contribution in [-0.4, -0.2) is 32.1 Å². The molecule has 1 amide bonds. The second-order valence-corrected chi connectivity index (χ2v) is 4.52. The van der Waals surface area contributed by atoms with Crippen LogP contribution in [0.15, 0.2) is 36.8 Å². The van der Waals surface area contributed by atoms with Crippen molar-refractivity contribution in [2.24, 2.45) is 0 Å². The standard InChI is InChI=1S/C14H16N6O/c15-5-2-7-19(10-12-3-1-6-17-9-12)14(21)11-20-8-4-13(16)18-20/h1,3-4,6,8-9H,2,7,10-11H2,(H2,16,18). The van der Waals surface area contributed by atoms with Crippen LogP contribution in [0.4, 0.5) is 5.82 Å². The van der Waals surface area contributed by atoms with E-state index in [9.17, 15) is 4.79 Å². The molecule has 2 heterocycles. The zero-order chi connectivity index (χ0) is 15.1. The maximum atomic E-state index is 12.3. The van der Waals surface area contributed by atoms with E-state index in [4.69, 9.17) is 11.0 Å². The van der Waals surface area contributed by atoms with Gasteiger partial charge in [0.25, 0.3) is 0 Å². The molecule has 0 bridgehead atoms. The summed E-state index contributed by atoms with van der Waals surface area (Å²) >= 11 is 0. The number of hydrogen-bond donors (Lipinski definition) is 1. The van der Waals surface area contributed by atoms with Gasteiger partial charge in [-0.1, -0.05) is 6.07 Å². The summed E-state index contributed by atoms with van der Waals surface area (Å²) in [6.45, 7) is 0.898. The van der Waals surface area contributed by atoms with Crippen LogP contribution in [0, 0.1) is 11.3 Å². The van der Waals surface area contributed by atoms with Gasteiger partial charge in [0.05, 0.1) is 12.5 Å². The average molecular weight is 284 g/mol. The van der Waals surface area contributed by atoms with Gasteiger partial charge in [0.2, 0.25) is 5.91 Å². The molecule has 0 unspecified atom stereocenters. The van der Waals surface area contributed by atoms with E-state index in [0.717, 1.165) is 5.56 Å². The van der Waals surface area contributed by atoms with Crippen molar-refractivity contribution < 1.29 is 4.79 Å². The number of nitrogens with zero attached hydrogens (tertiary/aromatic N) is 5. The molecule has 2 rings (SSSR count). The van der Waals surface area contributed by atoms with Crippen LogP contribution in [0.5, 0.6) is 0 Å². The molecule has 0 aliphatic rings. The van der Waals surface area contributed by atoms with Gasteiger partial charge in [-0.25, -0.2) is 0 Å². The van der Waals surface area contributed by atoms with Crippen LogP contribution in [-0.2, 0) is 17.9 Å². The fourth-order valence-electron chi connectivity index (χ4n) is 1.89. The van der Waals surface area contributed by atoms with E-state index in [1.54, 1.807) is 29.6 Å². The molecule has 7 nitrogen and oxygen atoms in total. The number of rotatable bonds is 6. The zero-order valence-corrected chi connectivity index (χ0v) is 11.5. The number of amides is 1. The molecule has 7 heteroatoms. The fourth-order valence-corrected chi connectivity index (χ4v) is 1.89. The van der Waals surface area contributed by atoms with E-state index in [1.165, 1.54) is 4.68 Å². The number of carbonyl (C=O) groups excluding carboxylic acids is 1. The SMILES string of the molecule is N#CCCN(Cc1cccnc1)C(=O)Cn1ccc(N)n1. The number of hydrogen-bond acceptors (Lipinski definition) is 5. The van der Waals surface area contributed by atoms with Gasteiger partial charge in [-0.15, -0.1) is 0 Å². The summed E-state index contributed by atoms with van der Waals surface area (Å²) in [4.78, 5) is 18.0. The van der Waals surface area contributed by atoms with Gasteiger partial charge in [-0.3, -0.25) is 14.5 Å². The average Bonchev–Trinajstić information content (AvgIpc) is 2.89. The zero-order valence-electron chi connectivity index (χ0n) is 11.5. The third kappa shape index (κ3) is 4.31. The van der Waals surface area contributed by atoms with E-state index in [1.807, 2.05) is 12.1 Å². The van der Waals surface area contributed by atoms with Gasteiger partial charge in [0.1, 0.15) is 12.4 Å². The van der Waals surface area contributed by atoms with Crippen LogP contribution in [0.1, 0.15) is 12.0 Å². The van der Waals surface area contributed by atoms with Crippen molar-refractivity contribution in [3.05, 3.63) is 42.4 Å². The Hall–Kier alpha value is -2.88. The van der Waals surface area contributed by atoms with E-state index < -0.39 is 0 Å². The molecule has 0 atom stereocenters. The smallest absolute Gasteiger partial charge is 0.244 e. The Bertz CT molecular complexity index is 630. The van der Waals surface area contributed by atoms with Crippen LogP contribution in [0.2, 0.25) is 0 Å². The second kappa shape index (κ2) is 7.05. The first-order valence-electron chi connectivity index (χ1n) is 6.51. The van der Waals surface area contributed by atoms with Crippen molar-refractivity contribution in [2.45, 2.75) is 19.5 Å². The summed E-state index contributed by atoms with van der Waals surface area (Å²) in [7, 11) is 0. The Morgan fingerprint density at radius 2 is 2.33 bits per heavy atom. The normalized spacial score (nSPS) is 10.0. The van der Waals surface area contributed by atoms with Crippen molar-refractivity contribution in [2.75, 3.05) is 12.3 Å². The van der Waals surface area contributed by atoms with Crippen LogP contribution < -0.4 is 5.73 Å². The number of anilines is 1. The molecular formula is C14H16N6O. The first kappa shape index (κ1) is 14.5. The minimum atomic E-state index is -0.114. The number of pyridine rings is 1. The highest BCUT2D eigenvalue weighted by Crippen LogP contribution is 2.06.